The van der Waals surface area contributed by atoms with Crippen molar-refractivity contribution >= 4 is 63.8 Å². The number of carbonyl (C=O) groups excluding carboxylic acids is 2. The number of piperidine rings is 1. The molecule has 0 spiro atoms. The second-order valence-corrected chi connectivity index (χ2v) is 14.1. The molecule has 3 amide bonds. The Morgan fingerprint density at radius 1 is 1.04 bits per heavy atom. The van der Waals surface area contributed by atoms with E-state index in [4.69, 9.17) is 4.74 Å². The van der Waals surface area contributed by atoms with Gasteiger partial charge in [-0.2, -0.15) is 20.9 Å². The summed E-state index contributed by atoms with van der Waals surface area (Å²) in [4.78, 5) is 35.4. The number of para-hydroxylation sites is 1. The summed E-state index contributed by atoms with van der Waals surface area (Å²) in [5.41, 5.74) is -1.22. The zero-order valence-corrected chi connectivity index (χ0v) is 29.4. The van der Waals surface area contributed by atoms with Crippen LogP contribution < -0.4 is 14.4 Å². The maximum Gasteiger partial charge on any atom is 0.318 e. The van der Waals surface area contributed by atoms with Crippen molar-refractivity contribution in [3.8, 4) is 11.8 Å². The predicted octanol–water partition coefficient (Wildman–Crippen LogP) is 4.26. The number of amides is 3. The second kappa shape index (κ2) is 14.8. The quantitative estimate of drug-likeness (QED) is 0.384. The van der Waals surface area contributed by atoms with Crippen molar-refractivity contribution in [3.63, 3.8) is 0 Å². The van der Waals surface area contributed by atoms with Gasteiger partial charge in [0.25, 0.3) is 15.9 Å². The number of rotatable bonds is 7. The second-order valence-electron chi connectivity index (χ2n) is 11.5. The first-order valence-electron chi connectivity index (χ1n) is 15.1. The number of sulfonamides is 1. The highest BCUT2D eigenvalue weighted by atomic mass is 35.5. The summed E-state index contributed by atoms with van der Waals surface area (Å²) < 4.78 is 34.8. The van der Waals surface area contributed by atoms with Crippen molar-refractivity contribution < 1.29 is 22.7 Å². The third kappa shape index (κ3) is 6.55. The number of piperazine rings is 1. The molecule has 3 aliphatic heterocycles. The first-order valence-corrected chi connectivity index (χ1v) is 17.5. The van der Waals surface area contributed by atoms with Gasteiger partial charge in [-0.25, -0.2) is 13.2 Å². The summed E-state index contributed by atoms with van der Waals surface area (Å²) in [6.07, 6.45) is 2.17. The lowest BCUT2D eigenvalue weighted by Gasteiger charge is -2.43. The Kier molecular flexibility index (Phi) is 11.5. The van der Waals surface area contributed by atoms with Crippen molar-refractivity contribution in [1.29, 1.82) is 5.26 Å². The minimum atomic E-state index is -4.37. The Bertz CT molecular complexity index is 1740. The van der Waals surface area contributed by atoms with E-state index in [2.05, 4.69) is 28.2 Å². The van der Waals surface area contributed by atoms with Crippen molar-refractivity contribution in [2.45, 2.75) is 36.2 Å². The molecule has 2 saturated heterocycles. The van der Waals surface area contributed by atoms with Crippen LogP contribution in [-0.4, -0.2) is 94.0 Å². The summed E-state index contributed by atoms with van der Waals surface area (Å²) in [5.74, 6) is -0.548. The number of anilines is 1. The molecule has 252 valence electrons. The SMILES string of the molecule is CCOc1ccccc1C1(NC(=O)N2CCN(C3CCN(C)CC3)CC2)C(=O)N(S(=O)(=O)c2ccsc2)c2ccc(C#N)cc21.Cl.Cl. The van der Waals surface area contributed by atoms with E-state index in [0.717, 1.165) is 30.2 Å². The number of thiophene rings is 1. The largest absolute Gasteiger partial charge is 0.493 e. The van der Waals surface area contributed by atoms with Gasteiger partial charge in [0.05, 0.1) is 28.8 Å². The van der Waals surface area contributed by atoms with Crippen LogP contribution in [0.3, 0.4) is 0 Å². The number of nitrogens with zero attached hydrogens (tertiary/aromatic N) is 5. The van der Waals surface area contributed by atoms with Crippen LogP contribution in [0.25, 0.3) is 0 Å². The molecule has 1 N–H and O–H groups in total. The lowest BCUT2D eigenvalue weighted by atomic mass is 9.82. The lowest BCUT2D eigenvalue weighted by molar-refractivity contribution is -0.121. The summed E-state index contributed by atoms with van der Waals surface area (Å²) in [7, 11) is -2.24. The van der Waals surface area contributed by atoms with Crippen LogP contribution in [0.5, 0.6) is 5.75 Å². The van der Waals surface area contributed by atoms with Crippen molar-refractivity contribution in [2.75, 3.05) is 57.2 Å². The van der Waals surface area contributed by atoms with Gasteiger partial charge in [0.2, 0.25) is 0 Å². The number of halogens is 2. The number of likely N-dealkylation sites (tertiary alicyclic amines) is 1. The average molecular weight is 722 g/mol. The molecule has 1 atom stereocenters. The van der Waals surface area contributed by atoms with Crippen molar-refractivity contribution in [2.24, 2.45) is 0 Å². The molecule has 47 heavy (non-hydrogen) atoms. The molecule has 6 rings (SSSR count). The molecular formula is C32H38Cl2N6O5S2. The molecule has 0 aliphatic carbocycles. The first-order chi connectivity index (χ1) is 21.7. The van der Waals surface area contributed by atoms with Gasteiger partial charge in [-0.1, -0.05) is 18.2 Å². The van der Waals surface area contributed by atoms with Crippen LogP contribution in [-0.2, 0) is 20.4 Å². The minimum absolute atomic E-state index is 0. The van der Waals surface area contributed by atoms with Gasteiger partial charge in [0.15, 0.2) is 5.54 Å². The van der Waals surface area contributed by atoms with Gasteiger partial charge < -0.3 is 19.9 Å². The summed E-state index contributed by atoms with van der Waals surface area (Å²) in [6.45, 7) is 6.48. The number of hydrogen-bond acceptors (Lipinski definition) is 9. The van der Waals surface area contributed by atoms with Crippen LogP contribution in [0.15, 0.2) is 64.2 Å². The van der Waals surface area contributed by atoms with Gasteiger partial charge in [-0.05, 0) is 75.6 Å². The lowest BCUT2D eigenvalue weighted by Crippen LogP contribution is -2.61. The van der Waals surface area contributed by atoms with Crippen LogP contribution >= 0.6 is 36.2 Å². The van der Waals surface area contributed by atoms with E-state index in [1.54, 1.807) is 41.5 Å². The normalized spacial score (nSPS) is 20.5. The number of nitrogens with one attached hydrogen (secondary N) is 1. The summed E-state index contributed by atoms with van der Waals surface area (Å²) in [6, 6.07) is 14.7. The number of fused-ring (bicyclic) bond motifs is 1. The molecule has 1 aromatic heterocycles. The zero-order valence-electron chi connectivity index (χ0n) is 26.1. The van der Waals surface area contributed by atoms with Crippen LogP contribution in [0.1, 0.15) is 36.5 Å². The monoisotopic (exact) mass is 720 g/mol. The highest BCUT2D eigenvalue weighted by Gasteiger charge is 2.58. The van der Waals surface area contributed by atoms with Gasteiger partial charge in [0, 0.05) is 48.7 Å². The number of benzene rings is 2. The van der Waals surface area contributed by atoms with Gasteiger partial charge >= 0.3 is 6.03 Å². The zero-order chi connectivity index (χ0) is 31.8. The van der Waals surface area contributed by atoms with Crippen molar-refractivity contribution in [3.05, 3.63) is 76.0 Å². The molecule has 3 aromatic rings. The average Bonchev–Trinajstić information content (AvgIpc) is 3.68. The highest BCUT2D eigenvalue weighted by Crippen LogP contribution is 2.49. The smallest absolute Gasteiger partial charge is 0.318 e. The van der Waals surface area contributed by atoms with Crippen LogP contribution in [0.2, 0.25) is 0 Å². The van der Waals surface area contributed by atoms with E-state index in [-0.39, 0.29) is 58.7 Å². The van der Waals surface area contributed by atoms with Gasteiger partial charge in [0.1, 0.15) is 5.75 Å². The van der Waals surface area contributed by atoms with Gasteiger partial charge in [-0.15, -0.1) is 24.8 Å². The molecule has 2 aromatic carbocycles. The number of ether oxygens (including phenoxy) is 1. The Hall–Kier alpha value is -3.38. The Labute approximate surface area is 291 Å². The fourth-order valence-electron chi connectivity index (χ4n) is 6.60. The molecule has 3 aliphatic rings. The Balaban J connectivity index is 0.00000250. The molecular weight excluding hydrogens is 683 g/mol. The molecule has 0 saturated carbocycles. The summed E-state index contributed by atoms with van der Waals surface area (Å²) >= 11 is 1.20. The molecule has 11 nitrogen and oxygen atoms in total. The number of carbonyl (C=O) groups is 2. The molecule has 0 radical (unpaired) electrons. The molecule has 0 bridgehead atoms. The maximum absolute atomic E-state index is 14.9. The third-order valence-electron chi connectivity index (χ3n) is 8.98. The molecule has 15 heteroatoms. The van der Waals surface area contributed by atoms with E-state index in [9.17, 15) is 23.3 Å². The number of nitriles is 1. The van der Waals surface area contributed by atoms with E-state index >= 15 is 0 Å². The van der Waals surface area contributed by atoms with Crippen molar-refractivity contribution in [1.82, 2.24) is 20.0 Å². The van der Waals surface area contributed by atoms with Crippen LogP contribution in [0.4, 0.5) is 10.5 Å². The van der Waals surface area contributed by atoms with E-state index < -0.39 is 27.5 Å². The Morgan fingerprint density at radius 3 is 2.38 bits per heavy atom. The molecule has 2 fully saturated rings. The number of urea groups is 1. The summed E-state index contributed by atoms with van der Waals surface area (Å²) in [5, 5.41) is 15.9. The maximum atomic E-state index is 14.9. The van der Waals surface area contributed by atoms with E-state index in [1.807, 2.05) is 0 Å². The Morgan fingerprint density at radius 2 is 1.74 bits per heavy atom. The fraction of sp³-hybridized carbons (Fsp3) is 0.406. The van der Waals surface area contributed by atoms with E-state index in [0.29, 0.717) is 38.0 Å². The predicted molar refractivity (Wildman–Crippen MR) is 185 cm³/mol. The number of hydrogen-bond donors (Lipinski definition) is 1. The molecule has 1 unspecified atom stereocenters. The highest BCUT2D eigenvalue weighted by molar-refractivity contribution is 7.93. The fourth-order valence-corrected chi connectivity index (χ4v) is 9.08. The standard InChI is InChI=1S/C32H36N6O5S2.2ClH/c1-3-43-29-7-5-4-6-26(29)32(34-31(40)37-17-15-36(16-18-37)24-10-13-35(2)14-11-24)27-20-23(21-33)8-9-28(27)38(30(32)39)45(41,42)25-12-19-44-22-25;;/h4-9,12,19-20,22,24H,3,10-11,13-18H2,1-2H3,(H,34,40);2*1H. The minimum Gasteiger partial charge on any atom is -0.493 e. The molecule has 4 heterocycles. The van der Waals surface area contributed by atoms with Crippen LogP contribution in [0, 0.1) is 11.3 Å². The first kappa shape index (κ1) is 36.5. The third-order valence-corrected chi connectivity index (χ3v) is 11.5. The van der Waals surface area contributed by atoms with Gasteiger partial charge in [-0.3, -0.25) is 9.69 Å². The van der Waals surface area contributed by atoms with E-state index in [1.165, 1.54) is 41.0 Å². The topological polar surface area (TPSA) is 126 Å².